The van der Waals surface area contributed by atoms with Crippen molar-refractivity contribution in [3.63, 3.8) is 0 Å². The Morgan fingerprint density at radius 2 is 1.76 bits per heavy atom. The third kappa shape index (κ3) is 4.24. The Bertz CT molecular complexity index is 1160. The molecule has 4 rings (SSSR count). The monoisotopic (exact) mass is 408 g/mol. The largest absolute Gasteiger partial charge is 0.382 e. The molecule has 1 fully saturated rings. The molecule has 150 valence electrons. The lowest BCUT2D eigenvalue weighted by Crippen LogP contribution is -2.22. The van der Waals surface area contributed by atoms with Crippen LogP contribution in [0.15, 0.2) is 47.3 Å². The van der Waals surface area contributed by atoms with Crippen molar-refractivity contribution in [3.8, 4) is 0 Å². The van der Waals surface area contributed by atoms with Gasteiger partial charge in [0, 0.05) is 30.0 Å². The van der Waals surface area contributed by atoms with Crippen molar-refractivity contribution in [2.24, 2.45) is 7.05 Å². The molecule has 0 radical (unpaired) electrons. The number of fused-ring (bicyclic) bond motifs is 1. The summed E-state index contributed by atoms with van der Waals surface area (Å²) in [6.45, 7) is 0. The molecule has 7 heteroatoms. The maximum Gasteiger partial charge on any atom is 0.261 e. The Hall–Kier alpha value is -2.93. The first-order valence-electron chi connectivity index (χ1n) is 9.92. The molecule has 1 saturated carbocycles. The molecule has 1 aliphatic rings. The molecular weight excluding hydrogens is 384 g/mol. The van der Waals surface area contributed by atoms with Crippen LogP contribution in [0.5, 0.6) is 0 Å². The molecule has 2 aromatic carbocycles. The molecule has 0 spiro atoms. The van der Waals surface area contributed by atoms with Crippen molar-refractivity contribution < 1.29 is 4.79 Å². The van der Waals surface area contributed by atoms with Crippen molar-refractivity contribution in [2.45, 2.75) is 38.1 Å². The zero-order valence-electron chi connectivity index (χ0n) is 16.3. The van der Waals surface area contributed by atoms with Gasteiger partial charge < -0.3 is 15.6 Å². The van der Waals surface area contributed by atoms with Crippen molar-refractivity contribution in [3.05, 3.63) is 63.2 Å². The van der Waals surface area contributed by atoms with Crippen LogP contribution in [0.25, 0.3) is 10.9 Å². The SMILES string of the molecule is Cn1c(=S)[nH]c2cc(C(=O)Nc3ccc(NC4CCCCC4)cc3)ccc2c1=O. The van der Waals surface area contributed by atoms with Crippen molar-refractivity contribution in [1.82, 2.24) is 9.55 Å². The molecule has 6 nitrogen and oxygen atoms in total. The highest BCUT2D eigenvalue weighted by atomic mass is 32.1. The van der Waals surface area contributed by atoms with Crippen LogP contribution in [-0.4, -0.2) is 21.5 Å². The lowest BCUT2D eigenvalue weighted by molar-refractivity contribution is 0.102. The van der Waals surface area contributed by atoms with Gasteiger partial charge in [-0.3, -0.25) is 14.2 Å². The Morgan fingerprint density at radius 1 is 1.07 bits per heavy atom. The van der Waals surface area contributed by atoms with E-state index in [9.17, 15) is 9.59 Å². The minimum atomic E-state index is -0.236. The molecule has 1 aromatic heterocycles. The van der Waals surface area contributed by atoms with Crippen molar-refractivity contribution in [1.29, 1.82) is 0 Å². The normalized spacial score (nSPS) is 14.7. The van der Waals surface area contributed by atoms with E-state index in [1.165, 1.54) is 36.7 Å². The smallest absolute Gasteiger partial charge is 0.261 e. The molecule has 1 amide bonds. The second kappa shape index (κ2) is 8.21. The first kappa shape index (κ1) is 19.4. The quantitative estimate of drug-likeness (QED) is 0.552. The number of nitrogens with one attached hydrogen (secondary N) is 3. The van der Waals surface area contributed by atoms with Crippen molar-refractivity contribution >= 4 is 40.4 Å². The van der Waals surface area contributed by atoms with Gasteiger partial charge in [0.25, 0.3) is 11.5 Å². The number of amides is 1. The highest BCUT2D eigenvalue weighted by molar-refractivity contribution is 7.71. The number of aromatic nitrogens is 2. The summed E-state index contributed by atoms with van der Waals surface area (Å²) in [5.41, 5.74) is 2.63. The molecule has 3 aromatic rings. The standard InChI is InChI=1S/C22H24N4O2S/c1-26-21(28)18-12-7-14(13-19(18)25-22(26)29)20(27)24-17-10-8-16(9-11-17)23-15-5-3-2-4-6-15/h7-13,15,23H,2-6H2,1H3,(H,24,27)(H,25,29). The summed E-state index contributed by atoms with van der Waals surface area (Å²) >= 11 is 5.15. The highest BCUT2D eigenvalue weighted by Gasteiger charge is 2.13. The topological polar surface area (TPSA) is 78.9 Å². The van der Waals surface area contributed by atoms with Crippen LogP contribution in [0.1, 0.15) is 42.5 Å². The fourth-order valence-corrected chi connectivity index (χ4v) is 3.98. The van der Waals surface area contributed by atoms with E-state index in [-0.39, 0.29) is 11.5 Å². The minimum Gasteiger partial charge on any atom is -0.382 e. The third-order valence-electron chi connectivity index (χ3n) is 5.48. The van der Waals surface area contributed by atoms with Crippen LogP contribution in [0, 0.1) is 4.77 Å². The number of carbonyl (C=O) groups excluding carboxylic acids is 1. The third-order valence-corrected chi connectivity index (χ3v) is 5.86. The first-order chi connectivity index (χ1) is 14.0. The fourth-order valence-electron chi connectivity index (χ4n) is 3.78. The van der Waals surface area contributed by atoms with Crippen LogP contribution in [0.4, 0.5) is 11.4 Å². The second-order valence-electron chi connectivity index (χ2n) is 7.57. The molecular formula is C22H24N4O2S. The summed E-state index contributed by atoms with van der Waals surface area (Å²) in [4.78, 5) is 27.9. The molecule has 0 atom stereocenters. The molecule has 1 aliphatic carbocycles. The van der Waals surface area contributed by atoms with E-state index in [0.29, 0.717) is 27.3 Å². The number of nitrogens with zero attached hydrogens (tertiary/aromatic N) is 1. The number of hydrogen-bond acceptors (Lipinski definition) is 4. The number of carbonyl (C=O) groups is 1. The highest BCUT2D eigenvalue weighted by Crippen LogP contribution is 2.23. The summed E-state index contributed by atoms with van der Waals surface area (Å²) in [5.74, 6) is -0.236. The lowest BCUT2D eigenvalue weighted by Gasteiger charge is -2.23. The first-order valence-corrected chi connectivity index (χ1v) is 10.3. The Morgan fingerprint density at radius 3 is 2.48 bits per heavy atom. The van der Waals surface area contributed by atoms with Gasteiger partial charge in [0.15, 0.2) is 4.77 Å². The molecule has 3 N–H and O–H groups in total. The summed E-state index contributed by atoms with van der Waals surface area (Å²) in [6, 6.07) is 13.3. The summed E-state index contributed by atoms with van der Waals surface area (Å²) in [5, 5.41) is 6.97. The van der Waals surface area contributed by atoms with Gasteiger partial charge in [0.1, 0.15) is 0 Å². The van der Waals surface area contributed by atoms with Crippen molar-refractivity contribution in [2.75, 3.05) is 10.6 Å². The fraction of sp³-hybridized carbons (Fsp3) is 0.318. The predicted octanol–water partition coefficient (Wildman–Crippen LogP) is 4.59. The maximum absolute atomic E-state index is 12.6. The van der Waals surface area contributed by atoms with E-state index in [1.54, 1.807) is 25.2 Å². The molecule has 0 bridgehead atoms. The number of rotatable bonds is 4. The average molecular weight is 409 g/mol. The van der Waals surface area contributed by atoms with Crippen LogP contribution >= 0.6 is 12.2 Å². The minimum absolute atomic E-state index is 0.184. The van der Waals surface area contributed by atoms with Gasteiger partial charge in [0.2, 0.25) is 0 Å². The molecule has 0 aliphatic heterocycles. The number of benzene rings is 2. The van der Waals surface area contributed by atoms with E-state index in [1.807, 2.05) is 24.3 Å². The number of anilines is 2. The number of hydrogen-bond donors (Lipinski definition) is 3. The van der Waals surface area contributed by atoms with Gasteiger partial charge in [-0.05, 0) is 67.5 Å². The zero-order valence-corrected chi connectivity index (χ0v) is 17.1. The van der Waals surface area contributed by atoms with Gasteiger partial charge in [0.05, 0.1) is 10.9 Å². The van der Waals surface area contributed by atoms with Gasteiger partial charge >= 0.3 is 0 Å². The van der Waals surface area contributed by atoms with Crippen LogP contribution in [-0.2, 0) is 7.05 Å². The average Bonchev–Trinajstić information content (AvgIpc) is 2.74. The number of H-pyrrole nitrogens is 1. The van der Waals surface area contributed by atoms with E-state index in [2.05, 4.69) is 15.6 Å². The summed E-state index contributed by atoms with van der Waals surface area (Å²) in [7, 11) is 1.62. The van der Waals surface area contributed by atoms with Crippen LogP contribution < -0.4 is 16.2 Å². The van der Waals surface area contributed by atoms with Gasteiger partial charge in [-0.15, -0.1) is 0 Å². The Balaban J connectivity index is 1.48. The van der Waals surface area contributed by atoms with E-state index >= 15 is 0 Å². The Labute approximate surface area is 174 Å². The summed E-state index contributed by atoms with van der Waals surface area (Å²) < 4.78 is 1.70. The van der Waals surface area contributed by atoms with E-state index < -0.39 is 0 Å². The molecule has 0 unspecified atom stereocenters. The molecule has 29 heavy (non-hydrogen) atoms. The predicted molar refractivity (Wildman–Crippen MR) is 119 cm³/mol. The lowest BCUT2D eigenvalue weighted by atomic mass is 9.95. The van der Waals surface area contributed by atoms with Gasteiger partial charge in [-0.25, -0.2) is 0 Å². The Kier molecular flexibility index (Phi) is 5.49. The number of aromatic amines is 1. The van der Waals surface area contributed by atoms with Gasteiger partial charge in [-0.1, -0.05) is 19.3 Å². The van der Waals surface area contributed by atoms with Gasteiger partial charge in [-0.2, -0.15) is 0 Å². The van der Waals surface area contributed by atoms with Crippen LogP contribution in [0.3, 0.4) is 0 Å². The van der Waals surface area contributed by atoms with E-state index in [4.69, 9.17) is 12.2 Å². The molecule has 1 heterocycles. The molecule has 0 saturated heterocycles. The van der Waals surface area contributed by atoms with Crippen LogP contribution in [0.2, 0.25) is 0 Å². The second-order valence-corrected chi connectivity index (χ2v) is 7.95. The zero-order chi connectivity index (χ0) is 20.4. The van der Waals surface area contributed by atoms with E-state index in [0.717, 1.165) is 11.4 Å². The summed E-state index contributed by atoms with van der Waals surface area (Å²) in [6.07, 6.45) is 6.33. The maximum atomic E-state index is 12.6.